The Bertz CT molecular complexity index is 591. The van der Waals surface area contributed by atoms with Crippen molar-refractivity contribution in [3.8, 4) is 0 Å². The van der Waals surface area contributed by atoms with E-state index in [1.165, 1.54) is 6.07 Å². The van der Waals surface area contributed by atoms with Crippen LogP contribution in [-0.4, -0.2) is 35.8 Å². The first kappa shape index (κ1) is 16.2. The van der Waals surface area contributed by atoms with Gasteiger partial charge in [0.05, 0.1) is 0 Å². The average Bonchev–Trinajstić information content (AvgIpc) is 2.40. The summed E-state index contributed by atoms with van der Waals surface area (Å²) < 4.78 is 5.27. The number of aromatic nitrogens is 1. The van der Waals surface area contributed by atoms with Crippen LogP contribution in [0.25, 0.3) is 0 Å². The molecule has 0 bridgehead atoms. The normalized spacial score (nSPS) is 18.9. The third-order valence-corrected chi connectivity index (χ3v) is 3.43. The van der Waals surface area contributed by atoms with Crippen LogP contribution in [0.3, 0.4) is 0 Å². The van der Waals surface area contributed by atoms with E-state index in [4.69, 9.17) is 10.5 Å². The number of hydrogen-bond donors (Lipinski definition) is 3. The molecule has 1 atom stereocenters. The summed E-state index contributed by atoms with van der Waals surface area (Å²) in [4.78, 5) is 28.5. The van der Waals surface area contributed by atoms with E-state index in [1.54, 1.807) is 6.20 Å². The second kappa shape index (κ2) is 6.29. The minimum absolute atomic E-state index is 0.0355. The molecule has 0 spiro atoms. The van der Waals surface area contributed by atoms with Crippen molar-refractivity contribution >= 4 is 17.6 Å². The summed E-state index contributed by atoms with van der Waals surface area (Å²) in [6.07, 6.45) is 2.93. The highest BCUT2D eigenvalue weighted by Gasteiger charge is 2.25. The Morgan fingerprint density at radius 1 is 1.50 bits per heavy atom. The zero-order valence-electron chi connectivity index (χ0n) is 13.3. The number of anilines is 2. The summed E-state index contributed by atoms with van der Waals surface area (Å²) >= 11 is 0. The lowest BCUT2D eigenvalue weighted by atomic mass is 10.1. The molecule has 0 unspecified atom stereocenters. The molecule has 1 aromatic rings. The van der Waals surface area contributed by atoms with Gasteiger partial charge in [-0.05, 0) is 33.6 Å². The van der Waals surface area contributed by atoms with E-state index in [-0.39, 0.29) is 17.2 Å². The van der Waals surface area contributed by atoms with Crippen LogP contribution in [0, 0.1) is 0 Å². The third kappa shape index (κ3) is 4.16. The van der Waals surface area contributed by atoms with Crippen molar-refractivity contribution in [2.45, 2.75) is 45.3 Å². The van der Waals surface area contributed by atoms with Gasteiger partial charge >= 0.3 is 6.09 Å². The molecule has 1 fully saturated rings. The average molecular weight is 308 g/mol. The number of aromatic amines is 1. The van der Waals surface area contributed by atoms with Gasteiger partial charge in [-0.3, -0.25) is 4.79 Å². The molecule has 0 aliphatic carbocycles. The Hall–Kier alpha value is -2.18. The molecule has 1 aliphatic heterocycles. The van der Waals surface area contributed by atoms with Crippen LogP contribution >= 0.6 is 0 Å². The maximum absolute atomic E-state index is 11.9. The Labute approximate surface area is 129 Å². The highest BCUT2D eigenvalue weighted by molar-refractivity contribution is 5.68. The fourth-order valence-electron chi connectivity index (χ4n) is 2.51. The van der Waals surface area contributed by atoms with Crippen LogP contribution < -0.4 is 21.4 Å². The second-order valence-corrected chi connectivity index (χ2v) is 6.54. The molecule has 0 aromatic carbocycles. The first-order valence-electron chi connectivity index (χ1n) is 7.48. The standard InChI is InChI=1S/C15H24N4O3/c1-15(2,3)22-14(21)18-10-5-4-8-19(9-10)13-12(16)11(20)6-7-17-13/h6-7,10H,4-5,8-9,16H2,1-3H3,(H,17,20)(H,18,21)/t10-/m1/s1. The number of carbonyl (C=O) groups is 1. The van der Waals surface area contributed by atoms with E-state index in [2.05, 4.69) is 10.3 Å². The zero-order valence-corrected chi connectivity index (χ0v) is 13.3. The Kier molecular flexibility index (Phi) is 4.63. The number of nitrogens with two attached hydrogens (primary N) is 1. The van der Waals surface area contributed by atoms with Gasteiger partial charge in [-0.25, -0.2) is 4.79 Å². The number of nitrogens with zero attached hydrogens (tertiary/aromatic N) is 1. The highest BCUT2D eigenvalue weighted by Crippen LogP contribution is 2.21. The molecule has 1 aliphatic rings. The number of hydrogen-bond acceptors (Lipinski definition) is 5. The maximum atomic E-state index is 11.9. The molecule has 7 heteroatoms. The van der Waals surface area contributed by atoms with E-state index in [0.717, 1.165) is 19.4 Å². The summed E-state index contributed by atoms with van der Waals surface area (Å²) in [6, 6.07) is 1.37. The predicted molar refractivity (Wildman–Crippen MR) is 86.1 cm³/mol. The Balaban J connectivity index is 2.02. The minimum Gasteiger partial charge on any atom is -0.444 e. The second-order valence-electron chi connectivity index (χ2n) is 6.54. The zero-order chi connectivity index (χ0) is 16.3. The lowest BCUT2D eigenvalue weighted by Crippen LogP contribution is -2.49. The van der Waals surface area contributed by atoms with Crippen LogP contribution in [0.15, 0.2) is 17.1 Å². The summed E-state index contributed by atoms with van der Waals surface area (Å²) in [5.41, 5.74) is 5.34. The van der Waals surface area contributed by atoms with E-state index in [0.29, 0.717) is 12.4 Å². The minimum atomic E-state index is -0.520. The van der Waals surface area contributed by atoms with Gasteiger partial charge in [0.1, 0.15) is 17.1 Å². The topological polar surface area (TPSA) is 100 Å². The van der Waals surface area contributed by atoms with Gasteiger partial charge in [0, 0.05) is 31.4 Å². The predicted octanol–water partition coefficient (Wildman–Crippen LogP) is 1.45. The van der Waals surface area contributed by atoms with Crippen LogP contribution in [0.5, 0.6) is 0 Å². The number of H-pyrrole nitrogens is 1. The SMILES string of the molecule is CC(C)(C)OC(=O)N[C@@H]1CCCN(c2[nH]ccc(=O)c2N)C1. The molecule has 22 heavy (non-hydrogen) atoms. The fraction of sp³-hybridized carbons (Fsp3) is 0.600. The van der Waals surface area contributed by atoms with Gasteiger partial charge < -0.3 is 25.7 Å². The largest absolute Gasteiger partial charge is 0.444 e. The summed E-state index contributed by atoms with van der Waals surface area (Å²) in [7, 11) is 0. The van der Waals surface area contributed by atoms with Crippen molar-refractivity contribution in [3.63, 3.8) is 0 Å². The highest BCUT2D eigenvalue weighted by atomic mass is 16.6. The van der Waals surface area contributed by atoms with Crippen LogP contribution in [0.1, 0.15) is 33.6 Å². The van der Waals surface area contributed by atoms with Crippen molar-refractivity contribution in [1.82, 2.24) is 10.3 Å². The molecule has 122 valence electrons. The van der Waals surface area contributed by atoms with E-state index >= 15 is 0 Å². The number of piperidine rings is 1. The van der Waals surface area contributed by atoms with Crippen LogP contribution in [0.4, 0.5) is 16.3 Å². The van der Waals surface area contributed by atoms with Gasteiger partial charge in [-0.15, -0.1) is 0 Å². The fourth-order valence-corrected chi connectivity index (χ4v) is 2.51. The first-order chi connectivity index (χ1) is 10.3. The Morgan fingerprint density at radius 2 is 2.23 bits per heavy atom. The van der Waals surface area contributed by atoms with Crippen LogP contribution in [0.2, 0.25) is 0 Å². The van der Waals surface area contributed by atoms with E-state index < -0.39 is 11.7 Å². The third-order valence-electron chi connectivity index (χ3n) is 3.43. The molecule has 1 aromatic heterocycles. The number of carbonyl (C=O) groups excluding carboxylic acids is 1. The molecular formula is C15H24N4O3. The number of rotatable bonds is 2. The molecule has 1 amide bonds. The molecule has 1 saturated heterocycles. The Morgan fingerprint density at radius 3 is 2.91 bits per heavy atom. The van der Waals surface area contributed by atoms with Crippen molar-refractivity contribution in [3.05, 3.63) is 22.5 Å². The molecule has 2 rings (SSSR count). The van der Waals surface area contributed by atoms with Gasteiger partial charge in [-0.1, -0.05) is 0 Å². The summed E-state index contributed by atoms with van der Waals surface area (Å²) in [5, 5.41) is 2.87. The lowest BCUT2D eigenvalue weighted by molar-refractivity contribution is 0.0500. The number of nitrogens with one attached hydrogen (secondary N) is 2. The summed E-state index contributed by atoms with van der Waals surface area (Å²) in [5.74, 6) is 0.614. The van der Waals surface area contributed by atoms with Gasteiger partial charge in [0.25, 0.3) is 0 Å². The molecule has 7 nitrogen and oxygen atoms in total. The van der Waals surface area contributed by atoms with E-state index in [9.17, 15) is 9.59 Å². The lowest BCUT2D eigenvalue weighted by Gasteiger charge is -2.35. The van der Waals surface area contributed by atoms with Crippen LogP contribution in [-0.2, 0) is 4.74 Å². The number of pyridine rings is 1. The number of amides is 1. The molecule has 0 saturated carbocycles. The quantitative estimate of drug-likeness (QED) is 0.768. The van der Waals surface area contributed by atoms with Gasteiger partial charge in [-0.2, -0.15) is 0 Å². The monoisotopic (exact) mass is 308 g/mol. The maximum Gasteiger partial charge on any atom is 0.407 e. The molecular weight excluding hydrogens is 284 g/mol. The van der Waals surface area contributed by atoms with Crippen molar-refractivity contribution in [2.75, 3.05) is 23.7 Å². The number of nitrogen functional groups attached to an aromatic ring is 1. The van der Waals surface area contributed by atoms with Gasteiger partial charge in [0.15, 0.2) is 0 Å². The molecule has 2 heterocycles. The van der Waals surface area contributed by atoms with Gasteiger partial charge in [0.2, 0.25) is 5.43 Å². The number of alkyl carbamates (subject to hydrolysis) is 1. The first-order valence-corrected chi connectivity index (χ1v) is 7.48. The number of ether oxygens (including phenoxy) is 1. The van der Waals surface area contributed by atoms with Crippen molar-refractivity contribution in [2.24, 2.45) is 0 Å². The molecule has 0 radical (unpaired) electrons. The van der Waals surface area contributed by atoms with Crippen molar-refractivity contribution in [1.29, 1.82) is 0 Å². The smallest absolute Gasteiger partial charge is 0.407 e. The van der Waals surface area contributed by atoms with E-state index in [1.807, 2.05) is 25.7 Å². The van der Waals surface area contributed by atoms with Crippen molar-refractivity contribution < 1.29 is 9.53 Å². The summed E-state index contributed by atoms with van der Waals surface area (Å²) in [6.45, 7) is 6.86. The molecule has 4 N–H and O–H groups in total.